The Bertz CT molecular complexity index is 218. The van der Waals surface area contributed by atoms with Crippen LogP contribution in [0.15, 0.2) is 24.3 Å². The second-order valence-corrected chi connectivity index (χ2v) is 3.27. The number of halogens is 2. The van der Waals surface area contributed by atoms with Gasteiger partial charge >= 0.3 is 0 Å². The molecule has 0 unspecified atom stereocenters. The predicted molar refractivity (Wildman–Crippen MR) is 67.9 cm³/mol. The van der Waals surface area contributed by atoms with E-state index in [0.29, 0.717) is 0 Å². The van der Waals surface area contributed by atoms with Crippen molar-refractivity contribution >= 4 is 30.5 Å². The minimum absolute atomic E-state index is 0. The molecule has 0 fully saturated rings. The third-order valence-electron chi connectivity index (χ3n) is 1.94. The highest BCUT2D eigenvalue weighted by atomic mass is 35.5. The summed E-state index contributed by atoms with van der Waals surface area (Å²) in [6, 6.07) is 8.43. The van der Waals surface area contributed by atoms with Crippen molar-refractivity contribution in [2.45, 2.75) is 13.0 Å². The summed E-state index contributed by atoms with van der Waals surface area (Å²) in [6.07, 6.45) is 0. The van der Waals surface area contributed by atoms with Gasteiger partial charge in [-0.2, -0.15) is 0 Å². The maximum atomic E-state index is 5.73. The second kappa shape index (κ2) is 6.93. The molecule has 1 rings (SSSR count). The Morgan fingerprint density at radius 1 is 1.07 bits per heavy atom. The van der Waals surface area contributed by atoms with Gasteiger partial charge < -0.3 is 10.6 Å². The fourth-order valence-corrected chi connectivity index (χ4v) is 1.08. The van der Waals surface area contributed by atoms with Gasteiger partial charge in [-0.3, -0.25) is 0 Å². The first kappa shape index (κ1) is 16.0. The van der Waals surface area contributed by atoms with Crippen molar-refractivity contribution < 1.29 is 0 Å². The molecule has 2 N–H and O–H groups in total. The summed E-state index contributed by atoms with van der Waals surface area (Å²) in [5.74, 6) is 0. The second-order valence-electron chi connectivity index (χ2n) is 3.27. The van der Waals surface area contributed by atoms with Crippen molar-refractivity contribution in [3.63, 3.8) is 0 Å². The first-order chi connectivity index (χ1) is 5.61. The lowest BCUT2D eigenvalue weighted by atomic mass is 10.1. The summed E-state index contributed by atoms with van der Waals surface area (Å²) in [4.78, 5) is 2.07. The van der Waals surface area contributed by atoms with Crippen LogP contribution in [0.25, 0.3) is 0 Å². The van der Waals surface area contributed by atoms with Crippen LogP contribution in [0.4, 0.5) is 5.69 Å². The van der Waals surface area contributed by atoms with Crippen LogP contribution in [0.2, 0.25) is 0 Å². The largest absolute Gasteiger partial charge is 0.378 e. The van der Waals surface area contributed by atoms with Crippen LogP contribution >= 0.6 is 24.8 Å². The third-order valence-corrected chi connectivity index (χ3v) is 1.94. The molecule has 0 saturated carbocycles. The van der Waals surface area contributed by atoms with Crippen molar-refractivity contribution in [3.05, 3.63) is 29.8 Å². The Labute approximate surface area is 98.3 Å². The molecular formula is C10H18Cl2N2. The molecule has 0 spiro atoms. The molecule has 0 aliphatic carbocycles. The molecule has 1 aromatic rings. The van der Waals surface area contributed by atoms with E-state index in [1.807, 2.05) is 21.0 Å². The zero-order chi connectivity index (χ0) is 9.14. The van der Waals surface area contributed by atoms with E-state index in [0.717, 1.165) is 0 Å². The number of anilines is 1. The van der Waals surface area contributed by atoms with Crippen LogP contribution in [0.3, 0.4) is 0 Å². The van der Waals surface area contributed by atoms with Crippen LogP contribution in [-0.4, -0.2) is 14.1 Å². The van der Waals surface area contributed by atoms with Gasteiger partial charge in [0.2, 0.25) is 0 Å². The molecule has 82 valence electrons. The van der Waals surface area contributed by atoms with Gasteiger partial charge in [0, 0.05) is 25.8 Å². The molecule has 0 bridgehead atoms. The number of rotatable bonds is 2. The SMILES string of the molecule is C[C@H](N)c1ccc(N(C)C)cc1.Cl.Cl. The van der Waals surface area contributed by atoms with Crippen molar-refractivity contribution in [2.24, 2.45) is 5.73 Å². The van der Waals surface area contributed by atoms with Crippen molar-refractivity contribution in [1.82, 2.24) is 0 Å². The minimum Gasteiger partial charge on any atom is -0.378 e. The minimum atomic E-state index is 0. The van der Waals surface area contributed by atoms with E-state index in [1.165, 1.54) is 11.3 Å². The molecule has 0 aliphatic heterocycles. The Kier molecular flexibility index (Phi) is 7.93. The van der Waals surface area contributed by atoms with E-state index in [9.17, 15) is 0 Å². The normalized spacial score (nSPS) is 10.9. The smallest absolute Gasteiger partial charge is 0.0361 e. The fourth-order valence-electron chi connectivity index (χ4n) is 1.08. The van der Waals surface area contributed by atoms with Gasteiger partial charge in [0.15, 0.2) is 0 Å². The maximum Gasteiger partial charge on any atom is 0.0361 e. The van der Waals surface area contributed by atoms with Crippen molar-refractivity contribution in [3.8, 4) is 0 Å². The van der Waals surface area contributed by atoms with Gasteiger partial charge in [-0.25, -0.2) is 0 Å². The highest BCUT2D eigenvalue weighted by molar-refractivity contribution is 5.85. The van der Waals surface area contributed by atoms with E-state index in [1.54, 1.807) is 0 Å². The number of nitrogens with zero attached hydrogens (tertiary/aromatic N) is 1. The van der Waals surface area contributed by atoms with Crippen molar-refractivity contribution in [1.29, 1.82) is 0 Å². The Balaban J connectivity index is 0. The molecule has 0 saturated heterocycles. The lowest BCUT2D eigenvalue weighted by Gasteiger charge is -2.13. The highest BCUT2D eigenvalue weighted by Gasteiger charge is 1.99. The molecule has 2 nitrogen and oxygen atoms in total. The van der Waals surface area contributed by atoms with Gasteiger partial charge in [-0.1, -0.05) is 12.1 Å². The molecule has 0 aliphatic rings. The van der Waals surface area contributed by atoms with Crippen LogP contribution in [0.5, 0.6) is 0 Å². The van der Waals surface area contributed by atoms with E-state index < -0.39 is 0 Å². The highest BCUT2D eigenvalue weighted by Crippen LogP contribution is 2.15. The lowest BCUT2D eigenvalue weighted by molar-refractivity contribution is 0.818. The van der Waals surface area contributed by atoms with Gasteiger partial charge in [0.05, 0.1) is 0 Å². The summed E-state index contributed by atoms with van der Waals surface area (Å²) < 4.78 is 0. The van der Waals surface area contributed by atoms with Gasteiger partial charge in [-0.05, 0) is 24.6 Å². The Morgan fingerprint density at radius 3 is 1.79 bits per heavy atom. The van der Waals surface area contributed by atoms with E-state index in [-0.39, 0.29) is 30.9 Å². The molecular weight excluding hydrogens is 219 g/mol. The first-order valence-corrected chi connectivity index (χ1v) is 4.14. The number of nitrogens with two attached hydrogens (primary N) is 1. The van der Waals surface area contributed by atoms with E-state index >= 15 is 0 Å². The van der Waals surface area contributed by atoms with Crippen LogP contribution in [0, 0.1) is 0 Å². The molecule has 1 aromatic carbocycles. The first-order valence-electron chi connectivity index (χ1n) is 4.14. The molecule has 0 amide bonds. The zero-order valence-electron chi connectivity index (χ0n) is 8.73. The van der Waals surface area contributed by atoms with Crippen LogP contribution in [0.1, 0.15) is 18.5 Å². The fraction of sp³-hybridized carbons (Fsp3) is 0.400. The zero-order valence-corrected chi connectivity index (χ0v) is 10.4. The van der Waals surface area contributed by atoms with E-state index in [4.69, 9.17) is 5.73 Å². The standard InChI is InChI=1S/C10H16N2.2ClH/c1-8(11)9-4-6-10(7-5-9)12(2)3;;/h4-8H,11H2,1-3H3;2*1H/t8-;;/m0../s1. The quantitative estimate of drug-likeness (QED) is 0.856. The Morgan fingerprint density at radius 2 is 1.50 bits per heavy atom. The van der Waals surface area contributed by atoms with Gasteiger partial charge in [0.1, 0.15) is 0 Å². The molecule has 4 heteroatoms. The van der Waals surface area contributed by atoms with Crippen LogP contribution in [-0.2, 0) is 0 Å². The molecule has 1 atom stereocenters. The molecule has 0 heterocycles. The summed E-state index contributed by atoms with van der Waals surface area (Å²) in [5.41, 5.74) is 8.12. The number of hydrogen-bond acceptors (Lipinski definition) is 2. The third kappa shape index (κ3) is 4.18. The van der Waals surface area contributed by atoms with Crippen molar-refractivity contribution in [2.75, 3.05) is 19.0 Å². The van der Waals surface area contributed by atoms with Gasteiger partial charge in [-0.15, -0.1) is 24.8 Å². The average Bonchev–Trinajstić information content (AvgIpc) is 2.04. The monoisotopic (exact) mass is 236 g/mol. The Hall–Kier alpha value is -0.440. The summed E-state index contributed by atoms with van der Waals surface area (Å²) in [6.45, 7) is 1.99. The molecule has 0 radical (unpaired) electrons. The maximum absolute atomic E-state index is 5.73. The molecule has 0 aromatic heterocycles. The number of hydrogen-bond donors (Lipinski definition) is 1. The van der Waals surface area contributed by atoms with Crippen LogP contribution < -0.4 is 10.6 Å². The average molecular weight is 237 g/mol. The lowest BCUT2D eigenvalue weighted by Crippen LogP contribution is -2.09. The van der Waals surface area contributed by atoms with E-state index in [2.05, 4.69) is 29.2 Å². The topological polar surface area (TPSA) is 29.3 Å². The predicted octanol–water partition coefficient (Wildman–Crippen LogP) is 2.62. The summed E-state index contributed by atoms with van der Waals surface area (Å²) in [5, 5.41) is 0. The summed E-state index contributed by atoms with van der Waals surface area (Å²) in [7, 11) is 4.06. The number of benzene rings is 1. The molecule has 14 heavy (non-hydrogen) atoms. The van der Waals surface area contributed by atoms with Gasteiger partial charge in [0.25, 0.3) is 0 Å². The summed E-state index contributed by atoms with van der Waals surface area (Å²) >= 11 is 0.